The number of carbonyl (C=O) groups is 1. The van der Waals surface area contributed by atoms with Gasteiger partial charge in [-0.1, -0.05) is 6.07 Å². The number of aryl methyl sites for hydroxylation is 1. The molecular formula is C24H26N6O3S. The highest BCUT2D eigenvalue weighted by Crippen LogP contribution is 2.36. The average molecular weight is 479 g/mol. The number of imidazole rings is 1. The fraction of sp³-hybridized carbons (Fsp3) is 0.333. The third kappa shape index (κ3) is 4.26. The van der Waals surface area contributed by atoms with Gasteiger partial charge < -0.3 is 15.5 Å². The van der Waals surface area contributed by atoms with E-state index in [2.05, 4.69) is 16.4 Å². The van der Waals surface area contributed by atoms with Crippen LogP contribution < -0.4 is 11.1 Å². The van der Waals surface area contributed by atoms with Crippen molar-refractivity contribution in [1.82, 2.24) is 9.38 Å². The summed E-state index contributed by atoms with van der Waals surface area (Å²) in [5.74, 6) is -1.14. The molecule has 0 bridgehead atoms. The van der Waals surface area contributed by atoms with Crippen LogP contribution in [0.3, 0.4) is 0 Å². The van der Waals surface area contributed by atoms with Crippen LogP contribution >= 0.6 is 0 Å². The molecule has 176 valence electrons. The van der Waals surface area contributed by atoms with Crippen molar-refractivity contribution in [3.63, 3.8) is 0 Å². The number of sulfone groups is 1. The standard InChI is InChI=1S/C24H26N6O3S/c1-24(2,23(26)27)34(32,33)14-17-5-3-4-16-7-8-18(10-19(16)17)28-22(31)20-13-30-12-15(11-25)6-9-21(30)29-20/h6-10,12-13,17H,3-5,14H2,1-2H3,(H3,26,27)(H,28,31). The van der Waals surface area contributed by atoms with Crippen LogP contribution in [-0.4, -0.2) is 40.0 Å². The van der Waals surface area contributed by atoms with Crippen LogP contribution in [0.2, 0.25) is 0 Å². The predicted molar refractivity (Wildman–Crippen MR) is 130 cm³/mol. The third-order valence-electron chi connectivity index (χ3n) is 6.50. The Morgan fingerprint density at radius 3 is 2.79 bits per heavy atom. The third-order valence-corrected chi connectivity index (χ3v) is 9.12. The second-order valence-electron chi connectivity index (χ2n) is 9.08. The molecule has 2 aromatic heterocycles. The van der Waals surface area contributed by atoms with E-state index in [1.165, 1.54) is 13.8 Å². The number of rotatable bonds is 6. The summed E-state index contributed by atoms with van der Waals surface area (Å²) in [6, 6.07) is 10.9. The molecule has 9 nitrogen and oxygen atoms in total. The van der Waals surface area contributed by atoms with Gasteiger partial charge >= 0.3 is 0 Å². The zero-order valence-electron chi connectivity index (χ0n) is 19.0. The number of nitriles is 1. The first-order valence-corrected chi connectivity index (χ1v) is 12.6. The number of amidine groups is 1. The van der Waals surface area contributed by atoms with Gasteiger partial charge in [0.25, 0.3) is 5.91 Å². The molecule has 2 heterocycles. The van der Waals surface area contributed by atoms with Crippen LogP contribution in [0.4, 0.5) is 5.69 Å². The Kier molecular flexibility index (Phi) is 5.91. The molecule has 0 aliphatic heterocycles. The number of amides is 1. The summed E-state index contributed by atoms with van der Waals surface area (Å²) in [5, 5.41) is 19.6. The summed E-state index contributed by atoms with van der Waals surface area (Å²) in [4.78, 5) is 17.1. The summed E-state index contributed by atoms with van der Waals surface area (Å²) in [7, 11) is -3.67. The number of fused-ring (bicyclic) bond motifs is 2. The van der Waals surface area contributed by atoms with Gasteiger partial charge in [0, 0.05) is 18.1 Å². The van der Waals surface area contributed by atoms with Crippen molar-refractivity contribution in [2.24, 2.45) is 5.73 Å². The van der Waals surface area contributed by atoms with Crippen LogP contribution in [0.5, 0.6) is 0 Å². The molecule has 34 heavy (non-hydrogen) atoms. The number of nitrogens with two attached hydrogens (primary N) is 1. The van der Waals surface area contributed by atoms with E-state index in [-0.39, 0.29) is 23.2 Å². The molecule has 4 rings (SSSR count). The fourth-order valence-electron chi connectivity index (χ4n) is 4.15. The summed E-state index contributed by atoms with van der Waals surface area (Å²) >= 11 is 0. The summed E-state index contributed by atoms with van der Waals surface area (Å²) in [6.45, 7) is 2.92. The first kappa shape index (κ1) is 23.4. The van der Waals surface area contributed by atoms with E-state index in [4.69, 9.17) is 16.4 Å². The number of hydrogen-bond donors (Lipinski definition) is 3. The van der Waals surface area contributed by atoms with Gasteiger partial charge in [-0.05, 0) is 74.4 Å². The minimum absolute atomic E-state index is 0.113. The number of aromatic nitrogens is 2. The number of benzene rings is 1. The molecule has 0 saturated heterocycles. The van der Waals surface area contributed by atoms with Gasteiger partial charge in [0.2, 0.25) is 0 Å². The first-order valence-electron chi connectivity index (χ1n) is 10.9. The Morgan fingerprint density at radius 2 is 2.09 bits per heavy atom. The van der Waals surface area contributed by atoms with E-state index < -0.39 is 20.5 Å². The van der Waals surface area contributed by atoms with Crippen LogP contribution in [0, 0.1) is 16.7 Å². The Bertz CT molecular complexity index is 1450. The Hall–Kier alpha value is -3.71. The molecule has 0 fully saturated rings. The maximum absolute atomic E-state index is 13.0. The van der Waals surface area contributed by atoms with E-state index in [1.807, 2.05) is 12.1 Å². The van der Waals surface area contributed by atoms with Crippen molar-refractivity contribution >= 4 is 32.9 Å². The van der Waals surface area contributed by atoms with Gasteiger partial charge in [-0.2, -0.15) is 5.26 Å². The average Bonchev–Trinajstić information content (AvgIpc) is 3.22. The van der Waals surface area contributed by atoms with E-state index in [0.29, 0.717) is 23.3 Å². The molecule has 0 spiro atoms. The lowest BCUT2D eigenvalue weighted by atomic mass is 9.83. The van der Waals surface area contributed by atoms with E-state index in [0.717, 1.165) is 24.0 Å². The quantitative estimate of drug-likeness (QED) is 0.365. The highest BCUT2D eigenvalue weighted by atomic mass is 32.2. The van der Waals surface area contributed by atoms with Crippen molar-refractivity contribution < 1.29 is 13.2 Å². The minimum Gasteiger partial charge on any atom is -0.386 e. The Labute approximate surface area is 198 Å². The highest BCUT2D eigenvalue weighted by molar-refractivity contribution is 7.93. The first-order chi connectivity index (χ1) is 16.0. The second kappa shape index (κ2) is 8.57. The number of pyridine rings is 1. The van der Waals surface area contributed by atoms with Gasteiger partial charge in [0.1, 0.15) is 28.0 Å². The van der Waals surface area contributed by atoms with Gasteiger partial charge in [0.05, 0.1) is 11.3 Å². The highest BCUT2D eigenvalue weighted by Gasteiger charge is 2.40. The SMILES string of the molecule is CC(C)(C(=N)N)S(=O)(=O)CC1CCCc2ccc(NC(=O)c3cn4cc(C#N)ccc4n3)cc21. The molecule has 3 aromatic rings. The summed E-state index contributed by atoms with van der Waals surface area (Å²) in [6.07, 6.45) is 5.56. The summed E-state index contributed by atoms with van der Waals surface area (Å²) in [5.41, 5.74) is 9.28. The van der Waals surface area contributed by atoms with Crippen molar-refractivity contribution in [2.45, 2.75) is 43.8 Å². The maximum Gasteiger partial charge on any atom is 0.275 e. The fourth-order valence-corrected chi connectivity index (χ4v) is 5.78. The lowest BCUT2D eigenvalue weighted by Gasteiger charge is -2.30. The monoisotopic (exact) mass is 478 g/mol. The van der Waals surface area contributed by atoms with Crippen molar-refractivity contribution in [3.8, 4) is 6.07 Å². The summed E-state index contributed by atoms with van der Waals surface area (Å²) < 4.78 is 26.2. The largest absolute Gasteiger partial charge is 0.386 e. The number of nitrogens with zero attached hydrogens (tertiary/aromatic N) is 3. The molecule has 10 heteroatoms. The van der Waals surface area contributed by atoms with Crippen molar-refractivity contribution in [1.29, 1.82) is 10.7 Å². The maximum atomic E-state index is 13.0. The van der Waals surface area contributed by atoms with Gasteiger partial charge in [-0.3, -0.25) is 10.2 Å². The van der Waals surface area contributed by atoms with Crippen molar-refractivity contribution in [3.05, 3.63) is 65.1 Å². The van der Waals surface area contributed by atoms with Crippen LogP contribution in [-0.2, 0) is 16.3 Å². The molecule has 1 aliphatic carbocycles. The number of carbonyl (C=O) groups excluding carboxylic acids is 1. The zero-order valence-corrected chi connectivity index (χ0v) is 19.8. The van der Waals surface area contributed by atoms with Crippen LogP contribution in [0.15, 0.2) is 42.7 Å². The zero-order chi connectivity index (χ0) is 24.7. The van der Waals surface area contributed by atoms with E-state index in [9.17, 15) is 13.2 Å². The second-order valence-corrected chi connectivity index (χ2v) is 11.7. The molecule has 1 atom stereocenters. The lowest BCUT2D eigenvalue weighted by molar-refractivity contribution is 0.102. The molecule has 1 aliphatic rings. The molecule has 1 amide bonds. The molecular weight excluding hydrogens is 452 g/mol. The van der Waals surface area contributed by atoms with Crippen LogP contribution in [0.1, 0.15) is 59.8 Å². The van der Waals surface area contributed by atoms with Crippen LogP contribution in [0.25, 0.3) is 5.65 Å². The number of hydrogen-bond acceptors (Lipinski definition) is 6. The van der Waals surface area contributed by atoms with E-state index >= 15 is 0 Å². The molecule has 0 radical (unpaired) electrons. The number of nitrogens with one attached hydrogen (secondary N) is 2. The van der Waals surface area contributed by atoms with E-state index in [1.54, 1.807) is 35.0 Å². The lowest BCUT2D eigenvalue weighted by Crippen LogP contribution is -2.46. The number of anilines is 1. The molecule has 4 N–H and O–H groups in total. The molecule has 0 saturated carbocycles. The van der Waals surface area contributed by atoms with Gasteiger partial charge in [0.15, 0.2) is 9.84 Å². The predicted octanol–water partition coefficient (Wildman–Crippen LogP) is 3.01. The molecule has 1 aromatic carbocycles. The normalized spacial score (nSPS) is 16.0. The van der Waals surface area contributed by atoms with Crippen molar-refractivity contribution in [2.75, 3.05) is 11.1 Å². The van der Waals surface area contributed by atoms with Gasteiger partial charge in [-0.25, -0.2) is 13.4 Å². The Balaban J connectivity index is 1.58. The topological polar surface area (TPSA) is 154 Å². The van der Waals surface area contributed by atoms with Gasteiger partial charge in [-0.15, -0.1) is 0 Å². The minimum atomic E-state index is -3.67. The Morgan fingerprint density at radius 1 is 1.32 bits per heavy atom. The smallest absolute Gasteiger partial charge is 0.275 e. The molecule has 1 unspecified atom stereocenters.